The van der Waals surface area contributed by atoms with E-state index in [0.29, 0.717) is 12.4 Å². The van der Waals surface area contributed by atoms with Crippen molar-refractivity contribution in [3.05, 3.63) is 47.9 Å². The molecule has 0 aliphatic carbocycles. The molecular weight excluding hydrogens is 282 g/mol. The topological polar surface area (TPSA) is 84.1 Å². The quantitative estimate of drug-likeness (QED) is 0.926. The number of rotatable bonds is 4. The van der Waals surface area contributed by atoms with Gasteiger partial charge >= 0.3 is 5.97 Å². The second kappa shape index (κ2) is 5.59. The van der Waals surface area contributed by atoms with Gasteiger partial charge in [0.1, 0.15) is 0 Å². The van der Waals surface area contributed by atoms with E-state index in [2.05, 4.69) is 29.4 Å². The largest absolute Gasteiger partial charge is 0.476 e. The Hall–Kier alpha value is -2.70. The number of carboxylic acid groups (broad SMARTS) is 1. The molecule has 1 aliphatic heterocycles. The van der Waals surface area contributed by atoms with Gasteiger partial charge in [-0.25, -0.2) is 4.79 Å². The molecule has 0 fully saturated rings. The van der Waals surface area contributed by atoms with Crippen LogP contribution in [-0.2, 0) is 11.3 Å². The zero-order chi connectivity index (χ0) is 15.7. The number of aliphatic carboxylic acids is 1. The summed E-state index contributed by atoms with van der Waals surface area (Å²) in [5.41, 5.74) is 1.17. The fraction of sp³-hybridized carbons (Fsp3) is 0.333. The van der Waals surface area contributed by atoms with E-state index in [0.717, 1.165) is 5.56 Å². The molecular formula is C15H17N5O2. The fourth-order valence-electron chi connectivity index (χ4n) is 2.76. The van der Waals surface area contributed by atoms with Crippen LogP contribution in [0.25, 0.3) is 5.70 Å². The summed E-state index contributed by atoms with van der Waals surface area (Å²) in [6, 6.07) is 9.86. The Morgan fingerprint density at radius 2 is 2.05 bits per heavy atom. The number of hydrogen-bond acceptors (Lipinski definition) is 5. The Morgan fingerprint density at radius 1 is 1.32 bits per heavy atom. The van der Waals surface area contributed by atoms with Gasteiger partial charge in [0, 0.05) is 12.7 Å². The predicted octanol–water partition coefficient (Wildman–Crippen LogP) is 1.77. The summed E-state index contributed by atoms with van der Waals surface area (Å²) in [6.07, 6.45) is 1.63. The Balaban J connectivity index is 2.03. The first-order valence-corrected chi connectivity index (χ1v) is 7.11. The molecule has 1 unspecified atom stereocenters. The van der Waals surface area contributed by atoms with Crippen molar-refractivity contribution in [1.82, 2.24) is 25.1 Å². The molecule has 0 radical (unpaired) electrons. The number of carbonyl (C=O) groups is 1. The molecule has 2 heterocycles. The van der Waals surface area contributed by atoms with Gasteiger partial charge in [-0.3, -0.25) is 0 Å². The minimum absolute atomic E-state index is 0.0628. The van der Waals surface area contributed by atoms with Crippen LogP contribution in [-0.4, -0.2) is 36.2 Å². The Labute approximate surface area is 127 Å². The number of fused-ring (bicyclic) bond motifs is 1. The number of benzene rings is 1. The second-order valence-electron chi connectivity index (χ2n) is 5.62. The normalized spacial score (nSPS) is 17.3. The van der Waals surface area contributed by atoms with Crippen LogP contribution in [0.1, 0.15) is 31.3 Å². The van der Waals surface area contributed by atoms with Crippen LogP contribution in [0.4, 0.5) is 0 Å². The number of hydrogen-bond donors (Lipinski definition) is 1. The Kier molecular flexibility index (Phi) is 3.62. The van der Waals surface area contributed by atoms with Gasteiger partial charge in [-0.05, 0) is 21.9 Å². The lowest BCUT2D eigenvalue weighted by atomic mass is 9.99. The monoisotopic (exact) mass is 299 g/mol. The number of carboxylic acids is 1. The van der Waals surface area contributed by atoms with E-state index in [4.69, 9.17) is 0 Å². The zero-order valence-electron chi connectivity index (χ0n) is 12.4. The molecule has 0 bridgehead atoms. The van der Waals surface area contributed by atoms with Gasteiger partial charge < -0.3 is 10.0 Å². The summed E-state index contributed by atoms with van der Waals surface area (Å²) in [4.78, 5) is 13.5. The Morgan fingerprint density at radius 3 is 2.68 bits per heavy atom. The van der Waals surface area contributed by atoms with Crippen LogP contribution in [0.2, 0.25) is 0 Å². The van der Waals surface area contributed by atoms with Crippen molar-refractivity contribution < 1.29 is 9.90 Å². The van der Waals surface area contributed by atoms with Crippen molar-refractivity contribution in [3.8, 4) is 0 Å². The molecule has 1 aliphatic rings. The highest BCUT2D eigenvalue weighted by Gasteiger charge is 2.34. The highest BCUT2D eigenvalue weighted by molar-refractivity contribution is 6.08. The van der Waals surface area contributed by atoms with Gasteiger partial charge in [-0.1, -0.05) is 44.2 Å². The maximum absolute atomic E-state index is 11.5. The lowest BCUT2D eigenvalue weighted by Crippen LogP contribution is -2.35. The highest BCUT2D eigenvalue weighted by atomic mass is 16.4. The van der Waals surface area contributed by atoms with Crippen LogP contribution >= 0.6 is 0 Å². The third-order valence-electron chi connectivity index (χ3n) is 3.69. The molecule has 2 aromatic rings. The van der Waals surface area contributed by atoms with E-state index in [1.165, 1.54) is 4.68 Å². The SMILES string of the molecule is CC(C)C1c2nnnn2C(C(=O)O)=CN1Cc1ccccc1. The first-order chi connectivity index (χ1) is 10.6. The first kappa shape index (κ1) is 14.2. The molecule has 0 spiro atoms. The van der Waals surface area contributed by atoms with Crippen LogP contribution in [0.5, 0.6) is 0 Å². The summed E-state index contributed by atoms with van der Waals surface area (Å²) in [5.74, 6) is -0.250. The summed E-state index contributed by atoms with van der Waals surface area (Å²) < 4.78 is 1.31. The van der Waals surface area contributed by atoms with Gasteiger partial charge in [-0.2, -0.15) is 4.68 Å². The standard InChI is InChI=1S/C15H17N5O2/c1-10(2)13-14-16-17-18-20(14)12(15(21)22)9-19(13)8-11-6-4-3-5-7-11/h3-7,9-10,13H,8H2,1-2H3,(H,21,22). The maximum Gasteiger partial charge on any atom is 0.356 e. The average molecular weight is 299 g/mol. The summed E-state index contributed by atoms with van der Waals surface area (Å²) in [5, 5.41) is 20.9. The molecule has 1 aromatic heterocycles. The molecule has 1 aromatic carbocycles. The van der Waals surface area contributed by atoms with E-state index in [1.807, 2.05) is 35.2 Å². The van der Waals surface area contributed by atoms with E-state index in [9.17, 15) is 9.90 Å². The molecule has 22 heavy (non-hydrogen) atoms. The van der Waals surface area contributed by atoms with Gasteiger partial charge in [0.25, 0.3) is 0 Å². The zero-order valence-corrected chi connectivity index (χ0v) is 12.4. The van der Waals surface area contributed by atoms with Crippen LogP contribution < -0.4 is 0 Å². The predicted molar refractivity (Wildman–Crippen MR) is 79.3 cm³/mol. The number of aromatic nitrogens is 4. The van der Waals surface area contributed by atoms with E-state index in [1.54, 1.807) is 6.20 Å². The van der Waals surface area contributed by atoms with Crippen molar-refractivity contribution in [2.24, 2.45) is 5.92 Å². The molecule has 0 amide bonds. The molecule has 1 N–H and O–H groups in total. The van der Waals surface area contributed by atoms with Crippen molar-refractivity contribution in [1.29, 1.82) is 0 Å². The van der Waals surface area contributed by atoms with Gasteiger partial charge in [0.05, 0.1) is 6.04 Å². The third-order valence-corrected chi connectivity index (χ3v) is 3.69. The lowest BCUT2D eigenvalue weighted by molar-refractivity contribution is -0.131. The molecule has 0 saturated heterocycles. The summed E-state index contributed by atoms with van der Waals surface area (Å²) >= 11 is 0. The minimum Gasteiger partial charge on any atom is -0.476 e. The highest BCUT2D eigenvalue weighted by Crippen LogP contribution is 2.34. The van der Waals surface area contributed by atoms with Gasteiger partial charge in [0.2, 0.25) is 0 Å². The molecule has 7 heteroatoms. The van der Waals surface area contributed by atoms with Gasteiger partial charge in [0.15, 0.2) is 11.5 Å². The van der Waals surface area contributed by atoms with Gasteiger partial charge in [-0.15, -0.1) is 5.10 Å². The van der Waals surface area contributed by atoms with E-state index < -0.39 is 5.97 Å². The summed E-state index contributed by atoms with van der Waals surface area (Å²) in [7, 11) is 0. The first-order valence-electron chi connectivity index (χ1n) is 7.11. The summed E-state index contributed by atoms with van der Waals surface area (Å²) in [6.45, 7) is 4.75. The number of tetrazole rings is 1. The molecule has 3 rings (SSSR count). The van der Waals surface area contributed by atoms with Crippen LogP contribution in [0.3, 0.4) is 0 Å². The minimum atomic E-state index is -1.05. The maximum atomic E-state index is 11.5. The van der Waals surface area contributed by atoms with Crippen LogP contribution in [0.15, 0.2) is 36.5 Å². The van der Waals surface area contributed by atoms with Crippen molar-refractivity contribution in [3.63, 3.8) is 0 Å². The molecule has 114 valence electrons. The smallest absolute Gasteiger partial charge is 0.356 e. The third kappa shape index (κ3) is 2.45. The average Bonchev–Trinajstić information content (AvgIpc) is 2.95. The van der Waals surface area contributed by atoms with Crippen molar-refractivity contribution in [2.45, 2.75) is 26.4 Å². The number of nitrogens with zero attached hydrogens (tertiary/aromatic N) is 5. The van der Waals surface area contributed by atoms with Crippen molar-refractivity contribution >= 4 is 11.7 Å². The van der Waals surface area contributed by atoms with E-state index in [-0.39, 0.29) is 17.7 Å². The lowest BCUT2D eigenvalue weighted by Gasteiger charge is -2.35. The van der Waals surface area contributed by atoms with Crippen molar-refractivity contribution in [2.75, 3.05) is 0 Å². The fourth-order valence-corrected chi connectivity index (χ4v) is 2.76. The second-order valence-corrected chi connectivity index (χ2v) is 5.62. The van der Waals surface area contributed by atoms with Crippen LogP contribution in [0, 0.1) is 5.92 Å². The molecule has 0 saturated carbocycles. The molecule has 7 nitrogen and oxygen atoms in total. The Bertz CT molecular complexity index is 708. The molecule has 1 atom stereocenters. The van der Waals surface area contributed by atoms with E-state index >= 15 is 0 Å².